The van der Waals surface area contributed by atoms with Gasteiger partial charge in [-0.25, -0.2) is 4.79 Å². The molecule has 10 nitrogen and oxygen atoms in total. The van der Waals surface area contributed by atoms with Crippen LogP contribution in [0.4, 0.5) is 11.4 Å². The first-order valence-electron chi connectivity index (χ1n) is 8.93. The number of carbonyl (C=O) groups excluding carboxylic acids is 1. The van der Waals surface area contributed by atoms with Crippen molar-refractivity contribution in [3.8, 4) is 0 Å². The Bertz CT molecular complexity index is 1170. The Kier molecular flexibility index (Phi) is 6.03. The van der Waals surface area contributed by atoms with Crippen LogP contribution < -0.4 is 21.9 Å². The van der Waals surface area contributed by atoms with E-state index in [0.717, 1.165) is 0 Å². The molecule has 0 fully saturated rings. The average molecular weight is 397 g/mol. The molecule has 0 spiro atoms. The summed E-state index contributed by atoms with van der Waals surface area (Å²) in [4.78, 5) is 48.8. The lowest BCUT2D eigenvalue weighted by Crippen LogP contribution is -2.33. The Morgan fingerprint density at radius 3 is 2.59 bits per heavy atom. The number of fused-ring (bicyclic) bond motifs is 1. The van der Waals surface area contributed by atoms with Gasteiger partial charge in [0.05, 0.1) is 15.8 Å². The molecule has 10 heteroatoms. The van der Waals surface area contributed by atoms with Crippen molar-refractivity contribution in [3.05, 3.63) is 79.5 Å². The fourth-order valence-electron chi connectivity index (χ4n) is 2.95. The molecule has 0 saturated carbocycles. The zero-order chi connectivity index (χ0) is 20.8. The van der Waals surface area contributed by atoms with Gasteiger partial charge in [0.25, 0.3) is 11.2 Å². The standard InChI is InChI=1S/C19H19N5O5/c25-17(21-11-10-20-14-6-2-4-8-16(14)24(28)29)9-12-23-15-7-3-1-5-13(15)18(26)22-19(23)27/h1-8,20H,9-12H2,(H,21,25)(H,22,26,27). The number of H-pyrrole nitrogens is 1. The molecule has 1 heterocycles. The number of hydrogen-bond donors (Lipinski definition) is 3. The molecule has 3 N–H and O–H groups in total. The number of nitro groups is 1. The minimum Gasteiger partial charge on any atom is -0.378 e. The molecule has 0 saturated heterocycles. The van der Waals surface area contributed by atoms with Crippen LogP contribution in [0.3, 0.4) is 0 Å². The second kappa shape index (κ2) is 8.83. The fraction of sp³-hybridized carbons (Fsp3) is 0.211. The van der Waals surface area contributed by atoms with E-state index < -0.39 is 16.2 Å². The number of nitro benzene ring substituents is 1. The van der Waals surface area contributed by atoms with Crippen LogP contribution in [0.25, 0.3) is 10.9 Å². The minimum atomic E-state index is -0.570. The lowest BCUT2D eigenvalue weighted by molar-refractivity contribution is -0.384. The van der Waals surface area contributed by atoms with Gasteiger partial charge >= 0.3 is 5.69 Å². The van der Waals surface area contributed by atoms with Crippen LogP contribution >= 0.6 is 0 Å². The Labute approximate surface area is 164 Å². The van der Waals surface area contributed by atoms with Crippen LogP contribution in [0.1, 0.15) is 6.42 Å². The van der Waals surface area contributed by atoms with E-state index in [0.29, 0.717) is 23.1 Å². The van der Waals surface area contributed by atoms with Crippen LogP contribution in [0.15, 0.2) is 58.1 Å². The Morgan fingerprint density at radius 1 is 1.07 bits per heavy atom. The molecule has 1 amide bonds. The largest absolute Gasteiger partial charge is 0.378 e. The molecule has 3 rings (SSSR count). The second-order valence-electron chi connectivity index (χ2n) is 6.23. The van der Waals surface area contributed by atoms with Gasteiger partial charge < -0.3 is 10.6 Å². The number of amides is 1. The third-order valence-corrected chi connectivity index (χ3v) is 4.33. The van der Waals surface area contributed by atoms with E-state index in [4.69, 9.17) is 0 Å². The number of aryl methyl sites for hydroxylation is 1. The maximum atomic E-state index is 12.1. The maximum absolute atomic E-state index is 12.1. The van der Waals surface area contributed by atoms with E-state index >= 15 is 0 Å². The van der Waals surface area contributed by atoms with Crippen molar-refractivity contribution in [2.24, 2.45) is 0 Å². The van der Waals surface area contributed by atoms with Crippen LogP contribution in [0, 0.1) is 10.1 Å². The molecule has 0 radical (unpaired) electrons. The number of nitrogens with one attached hydrogen (secondary N) is 3. The summed E-state index contributed by atoms with van der Waals surface area (Å²) in [5.74, 6) is -0.281. The zero-order valence-corrected chi connectivity index (χ0v) is 15.4. The predicted molar refractivity (Wildman–Crippen MR) is 108 cm³/mol. The highest BCUT2D eigenvalue weighted by Gasteiger charge is 2.12. The third kappa shape index (κ3) is 4.67. The van der Waals surface area contributed by atoms with Crippen molar-refractivity contribution >= 4 is 28.2 Å². The van der Waals surface area contributed by atoms with Gasteiger partial charge in [0.1, 0.15) is 5.69 Å². The number of rotatable bonds is 8. The minimum absolute atomic E-state index is 0.0388. The molecule has 3 aromatic rings. The van der Waals surface area contributed by atoms with E-state index in [1.165, 1.54) is 10.6 Å². The van der Waals surface area contributed by atoms with E-state index in [9.17, 15) is 24.5 Å². The molecular formula is C19H19N5O5. The number of aromatic nitrogens is 2. The summed E-state index contributed by atoms with van der Waals surface area (Å²) in [6.07, 6.45) is 0.0431. The highest BCUT2D eigenvalue weighted by Crippen LogP contribution is 2.22. The summed E-state index contributed by atoms with van der Waals surface area (Å²) < 4.78 is 1.35. The molecule has 0 aliphatic rings. The lowest BCUT2D eigenvalue weighted by Gasteiger charge is -2.10. The van der Waals surface area contributed by atoms with Crippen LogP contribution in [0.2, 0.25) is 0 Å². The summed E-state index contributed by atoms with van der Waals surface area (Å²) >= 11 is 0. The molecule has 1 aromatic heterocycles. The Hall–Kier alpha value is -3.95. The first-order chi connectivity index (χ1) is 14.0. The molecular weight excluding hydrogens is 378 g/mol. The Morgan fingerprint density at radius 2 is 1.79 bits per heavy atom. The van der Waals surface area contributed by atoms with Crippen LogP contribution in [-0.4, -0.2) is 33.5 Å². The number of carbonyl (C=O) groups is 1. The first-order valence-corrected chi connectivity index (χ1v) is 8.93. The van der Waals surface area contributed by atoms with Gasteiger partial charge in [-0.15, -0.1) is 0 Å². The van der Waals surface area contributed by atoms with Crippen molar-refractivity contribution in [2.75, 3.05) is 18.4 Å². The molecule has 2 aromatic carbocycles. The number of para-hydroxylation sites is 3. The van der Waals surface area contributed by atoms with Gasteiger partial charge in [-0.1, -0.05) is 24.3 Å². The van der Waals surface area contributed by atoms with E-state index in [1.54, 1.807) is 42.5 Å². The molecule has 0 aliphatic carbocycles. The van der Waals surface area contributed by atoms with Crippen molar-refractivity contribution in [3.63, 3.8) is 0 Å². The highest BCUT2D eigenvalue weighted by molar-refractivity contribution is 5.78. The van der Waals surface area contributed by atoms with Crippen molar-refractivity contribution in [1.29, 1.82) is 0 Å². The summed E-state index contributed by atoms with van der Waals surface area (Å²) in [6.45, 7) is 0.670. The monoisotopic (exact) mass is 397 g/mol. The van der Waals surface area contributed by atoms with Gasteiger partial charge in [-0.3, -0.25) is 29.3 Å². The predicted octanol–water partition coefficient (Wildman–Crippen LogP) is 1.22. The summed E-state index contributed by atoms with van der Waals surface area (Å²) in [5.41, 5.74) is -0.236. The number of aromatic amines is 1. The molecule has 0 unspecified atom stereocenters. The van der Waals surface area contributed by atoms with Gasteiger partial charge in [-0.05, 0) is 18.2 Å². The maximum Gasteiger partial charge on any atom is 0.328 e. The third-order valence-electron chi connectivity index (χ3n) is 4.33. The topological polar surface area (TPSA) is 139 Å². The van der Waals surface area contributed by atoms with Crippen LogP contribution in [0.5, 0.6) is 0 Å². The molecule has 0 bridgehead atoms. The van der Waals surface area contributed by atoms with Crippen molar-refractivity contribution < 1.29 is 9.72 Å². The highest BCUT2D eigenvalue weighted by atomic mass is 16.6. The number of anilines is 1. The van der Waals surface area contributed by atoms with Gasteiger partial charge in [0, 0.05) is 32.1 Å². The SMILES string of the molecule is O=C(CCn1c(=O)[nH]c(=O)c2ccccc21)NCCNc1ccccc1[N+](=O)[O-]. The summed E-state index contributed by atoms with van der Waals surface area (Å²) in [5, 5.41) is 17.0. The average Bonchev–Trinajstić information content (AvgIpc) is 2.71. The van der Waals surface area contributed by atoms with E-state index in [1.807, 2.05) is 0 Å². The van der Waals surface area contributed by atoms with Crippen molar-refractivity contribution in [2.45, 2.75) is 13.0 Å². The molecule has 29 heavy (non-hydrogen) atoms. The van der Waals surface area contributed by atoms with E-state index in [-0.39, 0.29) is 31.1 Å². The van der Waals surface area contributed by atoms with Crippen LogP contribution in [-0.2, 0) is 11.3 Å². The second-order valence-corrected chi connectivity index (χ2v) is 6.23. The number of nitrogens with zero attached hydrogens (tertiary/aromatic N) is 2. The molecule has 0 aliphatic heterocycles. The molecule has 150 valence electrons. The Balaban J connectivity index is 1.54. The normalized spacial score (nSPS) is 10.6. The fourth-order valence-corrected chi connectivity index (χ4v) is 2.95. The van der Waals surface area contributed by atoms with E-state index in [2.05, 4.69) is 15.6 Å². The summed E-state index contributed by atoms with van der Waals surface area (Å²) in [6, 6.07) is 12.9. The van der Waals surface area contributed by atoms with Gasteiger partial charge in [-0.2, -0.15) is 0 Å². The lowest BCUT2D eigenvalue weighted by atomic mass is 10.2. The van der Waals surface area contributed by atoms with Crippen molar-refractivity contribution in [1.82, 2.24) is 14.9 Å². The smallest absolute Gasteiger partial charge is 0.328 e. The number of hydrogen-bond acceptors (Lipinski definition) is 6. The molecule has 0 atom stereocenters. The van der Waals surface area contributed by atoms with Gasteiger partial charge in [0.2, 0.25) is 5.91 Å². The zero-order valence-electron chi connectivity index (χ0n) is 15.4. The van der Waals surface area contributed by atoms with Gasteiger partial charge in [0.15, 0.2) is 0 Å². The quantitative estimate of drug-likeness (QED) is 0.297. The number of benzene rings is 2. The first kappa shape index (κ1) is 19.8. The summed E-state index contributed by atoms with van der Waals surface area (Å²) in [7, 11) is 0.